The third-order valence-electron chi connectivity index (χ3n) is 4.44. The number of aromatic nitrogens is 1. The molecule has 5 nitrogen and oxygen atoms in total. The van der Waals surface area contributed by atoms with Gasteiger partial charge in [0.15, 0.2) is 0 Å². The van der Waals surface area contributed by atoms with Gasteiger partial charge in [-0.15, -0.1) is 0 Å². The Bertz CT molecular complexity index is 734. The number of hydrogen-bond donors (Lipinski definition) is 1. The Morgan fingerprint density at radius 1 is 1.09 bits per heavy atom. The Morgan fingerprint density at radius 2 is 1.73 bits per heavy atom. The second kappa shape index (κ2) is 5.57. The third-order valence-corrected chi connectivity index (χ3v) is 4.44. The van der Waals surface area contributed by atoms with Crippen LogP contribution < -0.4 is 4.90 Å². The van der Waals surface area contributed by atoms with E-state index in [1.165, 1.54) is 5.56 Å². The first-order valence-corrected chi connectivity index (χ1v) is 7.54. The van der Waals surface area contributed by atoms with Crippen molar-refractivity contribution < 1.29 is 9.90 Å². The van der Waals surface area contributed by atoms with Crippen LogP contribution in [0.15, 0.2) is 18.2 Å². The molecule has 0 aliphatic carbocycles. The van der Waals surface area contributed by atoms with Crippen LogP contribution in [0.2, 0.25) is 0 Å². The van der Waals surface area contributed by atoms with Gasteiger partial charge in [0.05, 0.1) is 5.52 Å². The number of rotatable bonds is 2. The molecule has 0 unspecified atom stereocenters. The van der Waals surface area contributed by atoms with Crippen molar-refractivity contribution >= 4 is 22.7 Å². The van der Waals surface area contributed by atoms with Crippen molar-refractivity contribution in [1.29, 1.82) is 0 Å². The topological polar surface area (TPSA) is 56.7 Å². The summed E-state index contributed by atoms with van der Waals surface area (Å²) in [5.74, 6) is -0.321. The summed E-state index contributed by atoms with van der Waals surface area (Å²) in [5.41, 5.74) is 3.48. The van der Waals surface area contributed by atoms with E-state index in [1.807, 2.05) is 19.1 Å². The maximum Gasteiger partial charge on any atom is 0.339 e. The molecule has 5 heteroatoms. The summed E-state index contributed by atoms with van der Waals surface area (Å²) >= 11 is 0. The molecule has 1 saturated heterocycles. The van der Waals surface area contributed by atoms with Crippen LogP contribution in [0, 0.1) is 13.8 Å². The summed E-state index contributed by atoms with van der Waals surface area (Å²) in [7, 11) is 2.08. The van der Waals surface area contributed by atoms with Gasteiger partial charge in [0.1, 0.15) is 11.4 Å². The molecule has 0 bridgehead atoms. The molecule has 0 radical (unpaired) electrons. The minimum atomic E-state index is -0.915. The van der Waals surface area contributed by atoms with Crippen molar-refractivity contribution in [2.45, 2.75) is 13.8 Å². The standard InChI is InChI=1S/C17H21N3O2/c1-11-8-13-10-14(17(21)22)16(18-15(13)9-12(11)2)20-6-4-19(3)5-7-20/h8-10H,4-7H2,1-3H3,(H,21,22). The Balaban J connectivity index is 2.12. The number of pyridine rings is 1. The summed E-state index contributed by atoms with van der Waals surface area (Å²) in [4.78, 5) is 20.6. The lowest BCUT2D eigenvalue weighted by Crippen LogP contribution is -2.45. The van der Waals surface area contributed by atoms with Crippen LogP contribution in [0.4, 0.5) is 5.82 Å². The van der Waals surface area contributed by atoms with Gasteiger partial charge in [-0.1, -0.05) is 0 Å². The van der Waals surface area contributed by atoms with E-state index in [0.717, 1.165) is 42.6 Å². The number of hydrogen-bond acceptors (Lipinski definition) is 4. The number of aryl methyl sites for hydroxylation is 2. The molecule has 2 aromatic rings. The SMILES string of the molecule is Cc1cc2cc(C(=O)O)c(N3CCN(C)CC3)nc2cc1C. The van der Waals surface area contributed by atoms with E-state index in [1.54, 1.807) is 6.07 Å². The molecule has 22 heavy (non-hydrogen) atoms. The molecule has 1 N–H and O–H groups in total. The van der Waals surface area contributed by atoms with Crippen molar-refractivity contribution in [1.82, 2.24) is 9.88 Å². The molecule has 0 atom stereocenters. The van der Waals surface area contributed by atoms with E-state index in [9.17, 15) is 9.90 Å². The predicted octanol–water partition coefficient (Wildman–Crippen LogP) is 2.30. The summed E-state index contributed by atoms with van der Waals surface area (Å²) in [6, 6.07) is 5.80. The van der Waals surface area contributed by atoms with E-state index in [2.05, 4.69) is 28.8 Å². The van der Waals surface area contributed by atoms with Gasteiger partial charge in [0.25, 0.3) is 0 Å². The highest BCUT2D eigenvalue weighted by Crippen LogP contribution is 2.26. The number of piperazine rings is 1. The number of anilines is 1. The molecular weight excluding hydrogens is 278 g/mol. The molecule has 0 amide bonds. The first-order chi connectivity index (χ1) is 10.5. The fourth-order valence-electron chi connectivity index (χ4n) is 2.85. The monoisotopic (exact) mass is 299 g/mol. The van der Waals surface area contributed by atoms with E-state index >= 15 is 0 Å². The van der Waals surface area contributed by atoms with E-state index in [0.29, 0.717) is 11.4 Å². The molecule has 2 heterocycles. The highest BCUT2D eigenvalue weighted by Gasteiger charge is 2.22. The van der Waals surface area contributed by atoms with Crippen molar-refractivity contribution in [3.63, 3.8) is 0 Å². The number of benzene rings is 1. The van der Waals surface area contributed by atoms with Crippen molar-refractivity contribution in [2.24, 2.45) is 0 Å². The maximum absolute atomic E-state index is 11.6. The Morgan fingerprint density at radius 3 is 2.36 bits per heavy atom. The maximum atomic E-state index is 11.6. The van der Waals surface area contributed by atoms with Gasteiger partial charge in [-0.25, -0.2) is 9.78 Å². The number of nitrogens with zero attached hydrogens (tertiary/aromatic N) is 3. The Labute approximate surface area is 130 Å². The lowest BCUT2D eigenvalue weighted by molar-refractivity contribution is 0.0697. The zero-order valence-electron chi connectivity index (χ0n) is 13.3. The van der Waals surface area contributed by atoms with Gasteiger partial charge in [-0.05, 0) is 50.2 Å². The Kier molecular flexibility index (Phi) is 3.74. The van der Waals surface area contributed by atoms with Crippen LogP contribution >= 0.6 is 0 Å². The van der Waals surface area contributed by atoms with Crippen LogP contribution in [0.1, 0.15) is 21.5 Å². The minimum absolute atomic E-state index is 0.292. The molecule has 0 saturated carbocycles. The highest BCUT2D eigenvalue weighted by atomic mass is 16.4. The smallest absolute Gasteiger partial charge is 0.339 e. The fourth-order valence-corrected chi connectivity index (χ4v) is 2.85. The minimum Gasteiger partial charge on any atom is -0.478 e. The van der Waals surface area contributed by atoms with Gasteiger partial charge in [-0.2, -0.15) is 0 Å². The molecular formula is C17H21N3O2. The van der Waals surface area contributed by atoms with Crippen molar-refractivity contribution in [2.75, 3.05) is 38.1 Å². The van der Waals surface area contributed by atoms with Crippen LogP contribution in [-0.2, 0) is 0 Å². The molecule has 1 aromatic heterocycles. The summed E-state index contributed by atoms with van der Waals surface area (Å²) in [5, 5.41) is 10.4. The quantitative estimate of drug-likeness (QED) is 0.922. The van der Waals surface area contributed by atoms with Gasteiger partial charge in [0, 0.05) is 31.6 Å². The normalized spacial score (nSPS) is 16.2. The molecule has 116 valence electrons. The van der Waals surface area contributed by atoms with Crippen LogP contribution in [0.5, 0.6) is 0 Å². The second-order valence-electron chi connectivity index (χ2n) is 6.08. The number of fused-ring (bicyclic) bond motifs is 1. The lowest BCUT2D eigenvalue weighted by Gasteiger charge is -2.34. The fraction of sp³-hybridized carbons (Fsp3) is 0.412. The highest BCUT2D eigenvalue weighted by molar-refractivity contribution is 5.98. The molecule has 1 fully saturated rings. The number of likely N-dealkylation sites (N-methyl/N-ethyl adjacent to an activating group) is 1. The zero-order valence-corrected chi connectivity index (χ0v) is 13.3. The van der Waals surface area contributed by atoms with E-state index < -0.39 is 5.97 Å². The summed E-state index contributed by atoms with van der Waals surface area (Å²) in [6.07, 6.45) is 0. The van der Waals surface area contributed by atoms with Gasteiger partial charge < -0.3 is 14.9 Å². The average Bonchev–Trinajstić information content (AvgIpc) is 2.48. The number of carboxylic acid groups (broad SMARTS) is 1. The summed E-state index contributed by atoms with van der Waals surface area (Å²) < 4.78 is 0. The number of carbonyl (C=O) groups is 1. The average molecular weight is 299 g/mol. The van der Waals surface area contributed by atoms with Gasteiger partial charge >= 0.3 is 5.97 Å². The first-order valence-electron chi connectivity index (χ1n) is 7.54. The Hall–Kier alpha value is -2.14. The van der Waals surface area contributed by atoms with E-state index in [-0.39, 0.29) is 0 Å². The number of carboxylic acids is 1. The zero-order chi connectivity index (χ0) is 15.9. The van der Waals surface area contributed by atoms with Gasteiger partial charge in [0.2, 0.25) is 0 Å². The molecule has 1 aromatic carbocycles. The molecule has 1 aliphatic heterocycles. The lowest BCUT2D eigenvalue weighted by atomic mass is 10.0. The van der Waals surface area contributed by atoms with Crippen LogP contribution in [0.25, 0.3) is 10.9 Å². The van der Waals surface area contributed by atoms with E-state index in [4.69, 9.17) is 0 Å². The number of aromatic carboxylic acids is 1. The predicted molar refractivity (Wildman–Crippen MR) is 87.9 cm³/mol. The molecule has 3 rings (SSSR count). The van der Waals surface area contributed by atoms with Crippen molar-refractivity contribution in [3.8, 4) is 0 Å². The molecule has 0 spiro atoms. The van der Waals surface area contributed by atoms with Gasteiger partial charge in [-0.3, -0.25) is 0 Å². The van der Waals surface area contributed by atoms with Crippen LogP contribution in [-0.4, -0.2) is 54.2 Å². The van der Waals surface area contributed by atoms with Crippen molar-refractivity contribution in [3.05, 3.63) is 34.9 Å². The largest absolute Gasteiger partial charge is 0.478 e. The van der Waals surface area contributed by atoms with Crippen LogP contribution in [0.3, 0.4) is 0 Å². The third kappa shape index (κ3) is 2.64. The summed E-state index contributed by atoms with van der Waals surface area (Å²) in [6.45, 7) is 7.54. The molecule has 1 aliphatic rings. The second-order valence-corrected chi connectivity index (χ2v) is 6.08. The first kappa shape index (κ1) is 14.8.